The Kier molecular flexibility index (Phi) is 5.26. The first-order chi connectivity index (χ1) is 7.60. The van der Waals surface area contributed by atoms with Crippen LogP contribution in [0.5, 0.6) is 0 Å². The van der Waals surface area contributed by atoms with Gasteiger partial charge in [0.25, 0.3) is 0 Å². The fourth-order valence-corrected chi connectivity index (χ4v) is 2.83. The number of hydrogen-bond acceptors (Lipinski definition) is 2. The van der Waals surface area contributed by atoms with E-state index >= 15 is 0 Å². The van der Waals surface area contributed by atoms with Crippen LogP contribution in [0, 0.1) is 11.8 Å². The number of amides is 1. The molecule has 0 radical (unpaired) electrons. The smallest absolute Gasteiger partial charge is 0.239 e. The highest BCUT2D eigenvalue weighted by Gasteiger charge is 2.30. The molecule has 2 unspecified atom stereocenters. The second kappa shape index (κ2) is 6.24. The maximum absolute atomic E-state index is 11.9. The first kappa shape index (κ1) is 13.5. The van der Waals surface area contributed by atoms with Gasteiger partial charge in [0.15, 0.2) is 0 Å². The van der Waals surface area contributed by atoms with Gasteiger partial charge in [-0.2, -0.15) is 0 Å². The molecule has 1 amide bonds. The minimum atomic E-state index is 0.0503. The van der Waals surface area contributed by atoms with Gasteiger partial charge in [-0.15, -0.1) is 0 Å². The van der Waals surface area contributed by atoms with E-state index in [1.165, 1.54) is 19.3 Å². The molecule has 1 N–H and O–H groups in total. The van der Waals surface area contributed by atoms with Crippen molar-refractivity contribution in [3.8, 4) is 0 Å². The summed E-state index contributed by atoms with van der Waals surface area (Å²) in [7, 11) is 3.68. The molecule has 3 nitrogen and oxygen atoms in total. The van der Waals surface area contributed by atoms with Crippen LogP contribution in [0.15, 0.2) is 0 Å². The molecular weight excluding hydrogens is 200 g/mol. The maximum atomic E-state index is 11.9. The van der Waals surface area contributed by atoms with Gasteiger partial charge >= 0.3 is 0 Å². The molecule has 1 saturated heterocycles. The molecule has 0 spiro atoms. The van der Waals surface area contributed by atoms with Crippen LogP contribution in [0.1, 0.15) is 39.5 Å². The predicted molar refractivity (Wildman–Crippen MR) is 67.3 cm³/mol. The lowest BCUT2D eigenvalue weighted by Crippen LogP contribution is -2.49. The summed E-state index contributed by atoms with van der Waals surface area (Å²) in [4.78, 5) is 13.6. The van der Waals surface area contributed by atoms with Crippen molar-refractivity contribution in [2.75, 3.05) is 20.6 Å². The molecule has 0 bridgehead atoms. The van der Waals surface area contributed by atoms with Crippen LogP contribution in [0.25, 0.3) is 0 Å². The van der Waals surface area contributed by atoms with E-state index in [4.69, 9.17) is 0 Å². The van der Waals surface area contributed by atoms with Crippen LogP contribution in [-0.4, -0.2) is 37.5 Å². The molecule has 16 heavy (non-hydrogen) atoms. The Morgan fingerprint density at radius 3 is 2.50 bits per heavy atom. The van der Waals surface area contributed by atoms with E-state index < -0.39 is 0 Å². The third kappa shape index (κ3) is 3.21. The average molecular weight is 226 g/mol. The summed E-state index contributed by atoms with van der Waals surface area (Å²) >= 11 is 0. The zero-order chi connectivity index (χ0) is 12.1. The summed E-state index contributed by atoms with van der Waals surface area (Å²) in [5.41, 5.74) is 0. The lowest BCUT2D eigenvalue weighted by Gasteiger charge is -2.35. The second-order valence-electron chi connectivity index (χ2n) is 5.10. The van der Waals surface area contributed by atoms with Gasteiger partial charge in [0.2, 0.25) is 5.91 Å². The number of carbonyl (C=O) groups excluding carboxylic acids is 1. The van der Waals surface area contributed by atoms with Gasteiger partial charge in [-0.1, -0.05) is 26.7 Å². The molecule has 3 heteroatoms. The normalized spacial score (nSPS) is 25.8. The van der Waals surface area contributed by atoms with E-state index in [0.29, 0.717) is 0 Å². The Hall–Kier alpha value is -0.570. The summed E-state index contributed by atoms with van der Waals surface area (Å²) in [6.45, 7) is 5.52. The van der Waals surface area contributed by atoms with E-state index in [9.17, 15) is 4.79 Å². The Bertz CT molecular complexity index is 224. The molecule has 0 aromatic carbocycles. The van der Waals surface area contributed by atoms with Crippen LogP contribution < -0.4 is 5.32 Å². The van der Waals surface area contributed by atoms with Crippen molar-refractivity contribution in [3.05, 3.63) is 0 Å². The standard InChI is InChI=1S/C13H26N2O/c1-5-10(6-2)11-7-8-14-12(9-11)13(16)15(3)4/h10-12,14H,5-9H2,1-4H3. The Labute approximate surface area is 99.6 Å². The minimum Gasteiger partial charge on any atom is -0.347 e. The predicted octanol–water partition coefficient (Wildman–Crippen LogP) is 1.88. The highest BCUT2D eigenvalue weighted by Crippen LogP contribution is 2.29. The molecule has 2 atom stereocenters. The van der Waals surface area contributed by atoms with E-state index in [1.807, 2.05) is 14.1 Å². The number of nitrogens with zero attached hydrogens (tertiary/aromatic N) is 1. The third-order valence-corrected chi connectivity index (χ3v) is 3.90. The number of hydrogen-bond donors (Lipinski definition) is 1. The van der Waals surface area contributed by atoms with Crippen LogP contribution in [-0.2, 0) is 4.79 Å². The molecule has 1 heterocycles. The summed E-state index contributed by atoms with van der Waals surface area (Å²) in [6.07, 6.45) is 4.72. The van der Waals surface area contributed by atoms with Crippen molar-refractivity contribution < 1.29 is 4.79 Å². The molecule has 94 valence electrons. The third-order valence-electron chi connectivity index (χ3n) is 3.90. The van der Waals surface area contributed by atoms with Gasteiger partial charge in [-0.05, 0) is 31.2 Å². The molecule has 1 aliphatic heterocycles. The molecular formula is C13H26N2O. The number of piperidine rings is 1. The fourth-order valence-electron chi connectivity index (χ4n) is 2.83. The highest BCUT2D eigenvalue weighted by molar-refractivity contribution is 5.81. The number of carbonyl (C=O) groups is 1. The molecule has 0 aliphatic carbocycles. The van der Waals surface area contributed by atoms with Crippen molar-refractivity contribution in [1.29, 1.82) is 0 Å². The van der Waals surface area contributed by atoms with Crippen LogP contribution in [0.2, 0.25) is 0 Å². The van der Waals surface area contributed by atoms with Gasteiger partial charge in [0.05, 0.1) is 6.04 Å². The summed E-state index contributed by atoms with van der Waals surface area (Å²) in [5, 5.41) is 3.34. The topological polar surface area (TPSA) is 32.3 Å². The quantitative estimate of drug-likeness (QED) is 0.794. The van der Waals surface area contributed by atoms with Crippen molar-refractivity contribution in [2.45, 2.75) is 45.6 Å². The van der Waals surface area contributed by atoms with Gasteiger partial charge in [0.1, 0.15) is 0 Å². The maximum Gasteiger partial charge on any atom is 0.239 e. The summed E-state index contributed by atoms with van der Waals surface area (Å²) in [5.74, 6) is 1.75. The lowest BCUT2D eigenvalue weighted by molar-refractivity contribution is -0.132. The monoisotopic (exact) mass is 226 g/mol. The largest absolute Gasteiger partial charge is 0.347 e. The molecule has 1 aliphatic rings. The lowest BCUT2D eigenvalue weighted by atomic mass is 9.79. The zero-order valence-corrected chi connectivity index (χ0v) is 11.1. The summed E-state index contributed by atoms with van der Waals surface area (Å²) in [6, 6.07) is 0.0503. The van der Waals surface area contributed by atoms with Crippen LogP contribution in [0.3, 0.4) is 0 Å². The second-order valence-corrected chi connectivity index (χ2v) is 5.10. The van der Waals surface area contributed by atoms with Crippen molar-refractivity contribution in [2.24, 2.45) is 11.8 Å². The zero-order valence-electron chi connectivity index (χ0n) is 11.1. The molecule has 0 aromatic rings. The summed E-state index contributed by atoms with van der Waals surface area (Å²) < 4.78 is 0. The highest BCUT2D eigenvalue weighted by atomic mass is 16.2. The van der Waals surface area contributed by atoms with E-state index in [2.05, 4.69) is 19.2 Å². The Morgan fingerprint density at radius 2 is 2.00 bits per heavy atom. The number of rotatable bonds is 4. The average Bonchev–Trinajstić information content (AvgIpc) is 2.30. The first-order valence-electron chi connectivity index (χ1n) is 6.54. The molecule has 0 aromatic heterocycles. The van der Waals surface area contributed by atoms with Crippen molar-refractivity contribution >= 4 is 5.91 Å². The van der Waals surface area contributed by atoms with Crippen molar-refractivity contribution in [1.82, 2.24) is 10.2 Å². The van der Waals surface area contributed by atoms with Crippen molar-refractivity contribution in [3.63, 3.8) is 0 Å². The van der Waals surface area contributed by atoms with Gasteiger partial charge in [-0.25, -0.2) is 0 Å². The van der Waals surface area contributed by atoms with Crippen LogP contribution in [0.4, 0.5) is 0 Å². The van der Waals surface area contributed by atoms with Crippen LogP contribution >= 0.6 is 0 Å². The van der Waals surface area contributed by atoms with E-state index in [0.717, 1.165) is 24.8 Å². The number of nitrogens with one attached hydrogen (secondary N) is 1. The Morgan fingerprint density at radius 1 is 1.38 bits per heavy atom. The number of likely N-dealkylation sites (N-methyl/N-ethyl adjacent to an activating group) is 1. The Balaban J connectivity index is 2.56. The first-order valence-corrected chi connectivity index (χ1v) is 6.54. The SMILES string of the molecule is CCC(CC)C1CCNC(C(=O)N(C)C)C1. The van der Waals surface area contributed by atoms with Gasteiger partial charge < -0.3 is 10.2 Å². The molecule has 1 fully saturated rings. The molecule has 0 saturated carbocycles. The van der Waals surface area contributed by atoms with E-state index in [1.54, 1.807) is 4.90 Å². The van der Waals surface area contributed by atoms with Gasteiger partial charge in [-0.3, -0.25) is 4.79 Å². The molecule has 1 rings (SSSR count). The minimum absolute atomic E-state index is 0.0503. The fraction of sp³-hybridized carbons (Fsp3) is 0.923. The van der Waals surface area contributed by atoms with Gasteiger partial charge in [0, 0.05) is 14.1 Å². The van der Waals surface area contributed by atoms with E-state index in [-0.39, 0.29) is 11.9 Å².